The van der Waals surface area contributed by atoms with E-state index >= 15 is 0 Å². The summed E-state index contributed by atoms with van der Waals surface area (Å²) >= 11 is 0. The Morgan fingerprint density at radius 1 is 0.952 bits per heavy atom. The average Bonchev–Trinajstić information content (AvgIpc) is 2.95. The minimum absolute atomic E-state index is 0.143. The summed E-state index contributed by atoms with van der Waals surface area (Å²) in [6.07, 6.45) is 0. The Morgan fingerprint density at radius 3 is 2.00 bits per heavy atom. The zero-order valence-electron chi connectivity index (χ0n) is 12.0. The van der Waals surface area contributed by atoms with Crippen LogP contribution in [0.15, 0.2) is 71.3 Å². The van der Waals surface area contributed by atoms with Crippen LogP contribution in [0.1, 0.15) is 28.6 Å². The molecule has 106 valence electrons. The molecular weight excluding hydrogens is 260 g/mol. The third-order valence-corrected chi connectivity index (χ3v) is 3.43. The van der Waals surface area contributed by atoms with Gasteiger partial charge in [-0.15, -0.1) is 0 Å². The first-order valence-electron chi connectivity index (χ1n) is 7.08. The standard InChI is InChI=1S/C18H18N2O/c1-14-12-17(20-21-14)13-19-18(15-8-4-2-5-9-15)16-10-6-3-7-11-16/h2-12,18-19H,13H2,1H3. The molecule has 2 aromatic carbocycles. The maximum Gasteiger partial charge on any atom is 0.133 e. The quantitative estimate of drug-likeness (QED) is 0.770. The van der Waals surface area contributed by atoms with Crippen molar-refractivity contribution in [3.63, 3.8) is 0 Å². The summed E-state index contributed by atoms with van der Waals surface area (Å²) in [7, 11) is 0. The maximum absolute atomic E-state index is 5.12. The van der Waals surface area contributed by atoms with Gasteiger partial charge in [-0.3, -0.25) is 0 Å². The molecule has 0 fully saturated rings. The second-order valence-corrected chi connectivity index (χ2v) is 5.06. The molecular formula is C18H18N2O. The van der Waals surface area contributed by atoms with Crippen LogP contribution in [0.25, 0.3) is 0 Å². The maximum atomic E-state index is 5.12. The number of nitrogens with one attached hydrogen (secondary N) is 1. The molecule has 3 heteroatoms. The Hall–Kier alpha value is -2.39. The van der Waals surface area contributed by atoms with Crippen LogP contribution in [0.5, 0.6) is 0 Å². The molecule has 0 saturated heterocycles. The predicted molar refractivity (Wildman–Crippen MR) is 82.8 cm³/mol. The first-order chi connectivity index (χ1) is 10.3. The Bertz CT molecular complexity index is 637. The molecule has 3 nitrogen and oxygen atoms in total. The van der Waals surface area contributed by atoms with E-state index in [0.717, 1.165) is 11.5 Å². The number of nitrogens with zero attached hydrogens (tertiary/aromatic N) is 1. The van der Waals surface area contributed by atoms with Gasteiger partial charge in [0.15, 0.2) is 0 Å². The molecule has 1 aromatic heterocycles. The van der Waals surface area contributed by atoms with Gasteiger partial charge in [0.05, 0.1) is 11.7 Å². The molecule has 0 bridgehead atoms. The van der Waals surface area contributed by atoms with Crippen LogP contribution >= 0.6 is 0 Å². The molecule has 0 radical (unpaired) electrons. The van der Waals surface area contributed by atoms with Crippen molar-refractivity contribution in [2.45, 2.75) is 19.5 Å². The van der Waals surface area contributed by atoms with Crippen molar-refractivity contribution < 1.29 is 4.52 Å². The number of hydrogen-bond donors (Lipinski definition) is 1. The first kappa shape index (κ1) is 13.6. The fraction of sp³-hybridized carbons (Fsp3) is 0.167. The van der Waals surface area contributed by atoms with Crippen LogP contribution < -0.4 is 5.32 Å². The van der Waals surface area contributed by atoms with Crippen LogP contribution in [0, 0.1) is 6.92 Å². The lowest BCUT2D eigenvalue weighted by molar-refractivity contribution is 0.387. The van der Waals surface area contributed by atoms with Crippen LogP contribution in [0.3, 0.4) is 0 Å². The first-order valence-corrected chi connectivity index (χ1v) is 7.08. The highest BCUT2D eigenvalue weighted by atomic mass is 16.5. The number of benzene rings is 2. The third kappa shape index (κ3) is 3.38. The van der Waals surface area contributed by atoms with E-state index in [9.17, 15) is 0 Å². The highest BCUT2D eigenvalue weighted by molar-refractivity contribution is 5.31. The monoisotopic (exact) mass is 278 g/mol. The molecule has 0 aliphatic heterocycles. The van der Waals surface area contributed by atoms with E-state index in [-0.39, 0.29) is 6.04 Å². The van der Waals surface area contributed by atoms with Gasteiger partial charge in [0.2, 0.25) is 0 Å². The molecule has 3 rings (SSSR count). The van der Waals surface area contributed by atoms with Crippen molar-refractivity contribution >= 4 is 0 Å². The predicted octanol–water partition coefficient (Wildman–Crippen LogP) is 3.86. The molecule has 0 amide bonds. The molecule has 3 aromatic rings. The van der Waals surface area contributed by atoms with E-state index in [1.165, 1.54) is 11.1 Å². The molecule has 0 saturated carbocycles. The summed E-state index contributed by atoms with van der Waals surface area (Å²) in [4.78, 5) is 0. The lowest BCUT2D eigenvalue weighted by Crippen LogP contribution is -2.22. The Kier molecular flexibility index (Phi) is 4.12. The minimum Gasteiger partial charge on any atom is -0.361 e. The van der Waals surface area contributed by atoms with E-state index in [1.807, 2.05) is 25.1 Å². The van der Waals surface area contributed by atoms with Crippen LogP contribution in [-0.4, -0.2) is 5.16 Å². The molecule has 1 heterocycles. The normalized spacial score (nSPS) is 11.0. The lowest BCUT2D eigenvalue weighted by Gasteiger charge is -2.19. The third-order valence-electron chi connectivity index (χ3n) is 3.43. The SMILES string of the molecule is Cc1cc(CNC(c2ccccc2)c2ccccc2)no1. The van der Waals surface area contributed by atoms with Crippen LogP contribution in [0.2, 0.25) is 0 Å². The van der Waals surface area contributed by atoms with Gasteiger partial charge in [0.25, 0.3) is 0 Å². The largest absolute Gasteiger partial charge is 0.361 e. The zero-order valence-corrected chi connectivity index (χ0v) is 12.0. The van der Waals surface area contributed by atoms with E-state index in [0.29, 0.717) is 6.54 Å². The molecule has 21 heavy (non-hydrogen) atoms. The lowest BCUT2D eigenvalue weighted by atomic mass is 9.99. The van der Waals surface area contributed by atoms with Gasteiger partial charge < -0.3 is 9.84 Å². The fourth-order valence-electron chi connectivity index (χ4n) is 2.43. The van der Waals surface area contributed by atoms with Crippen molar-refractivity contribution in [2.75, 3.05) is 0 Å². The molecule has 1 N–H and O–H groups in total. The van der Waals surface area contributed by atoms with E-state index in [4.69, 9.17) is 4.52 Å². The van der Waals surface area contributed by atoms with Gasteiger partial charge in [0.1, 0.15) is 5.76 Å². The van der Waals surface area contributed by atoms with E-state index < -0.39 is 0 Å². The molecule has 0 aliphatic rings. The number of aromatic nitrogens is 1. The summed E-state index contributed by atoms with van der Waals surface area (Å²) < 4.78 is 5.12. The van der Waals surface area contributed by atoms with Gasteiger partial charge in [-0.25, -0.2) is 0 Å². The summed E-state index contributed by atoms with van der Waals surface area (Å²) in [6, 6.07) is 23.0. The molecule has 0 unspecified atom stereocenters. The summed E-state index contributed by atoms with van der Waals surface area (Å²) in [5, 5.41) is 7.60. The van der Waals surface area contributed by atoms with Gasteiger partial charge in [0, 0.05) is 12.6 Å². The van der Waals surface area contributed by atoms with Crippen molar-refractivity contribution in [3.05, 3.63) is 89.3 Å². The Morgan fingerprint density at radius 2 is 1.52 bits per heavy atom. The second-order valence-electron chi connectivity index (χ2n) is 5.06. The van der Waals surface area contributed by atoms with Crippen molar-refractivity contribution in [3.8, 4) is 0 Å². The summed E-state index contributed by atoms with van der Waals surface area (Å²) in [5.41, 5.74) is 3.40. The van der Waals surface area contributed by atoms with Gasteiger partial charge in [-0.05, 0) is 18.1 Å². The zero-order chi connectivity index (χ0) is 14.5. The Labute approximate surface area is 124 Å². The van der Waals surface area contributed by atoms with Crippen molar-refractivity contribution in [2.24, 2.45) is 0 Å². The number of rotatable bonds is 5. The second kappa shape index (κ2) is 6.37. The van der Waals surface area contributed by atoms with Gasteiger partial charge >= 0.3 is 0 Å². The van der Waals surface area contributed by atoms with Crippen molar-refractivity contribution in [1.82, 2.24) is 10.5 Å². The van der Waals surface area contributed by atoms with Gasteiger partial charge in [-0.2, -0.15) is 0 Å². The smallest absolute Gasteiger partial charge is 0.133 e. The molecule has 0 spiro atoms. The van der Waals surface area contributed by atoms with Gasteiger partial charge in [-0.1, -0.05) is 65.8 Å². The number of hydrogen-bond acceptors (Lipinski definition) is 3. The average molecular weight is 278 g/mol. The fourth-order valence-corrected chi connectivity index (χ4v) is 2.43. The topological polar surface area (TPSA) is 38.1 Å². The highest BCUT2D eigenvalue weighted by Crippen LogP contribution is 2.22. The van der Waals surface area contributed by atoms with Crippen LogP contribution in [0.4, 0.5) is 0 Å². The number of aryl methyl sites for hydroxylation is 1. The summed E-state index contributed by atoms with van der Waals surface area (Å²) in [6.45, 7) is 2.58. The minimum atomic E-state index is 0.143. The van der Waals surface area contributed by atoms with E-state index in [2.05, 4.69) is 59.0 Å². The molecule has 0 aliphatic carbocycles. The molecule has 0 atom stereocenters. The highest BCUT2D eigenvalue weighted by Gasteiger charge is 2.13. The van der Waals surface area contributed by atoms with E-state index in [1.54, 1.807) is 0 Å². The Balaban J connectivity index is 1.83. The summed E-state index contributed by atoms with van der Waals surface area (Å²) in [5.74, 6) is 0.836. The van der Waals surface area contributed by atoms with Crippen molar-refractivity contribution in [1.29, 1.82) is 0 Å². The van der Waals surface area contributed by atoms with Crippen LogP contribution in [-0.2, 0) is 6.54 Å².